The van der Waals surface area contributed by atoms with E-state index in [2.05, 4.69) is 133 Å². The molecule has 11 rings (SSSR count). The summed E-state index contributed by atoms with van der Waals surface area (Å²) in [5.41, 5.74) is 12.9. The lowest BCUT2D eigenvalue weighted by Crippen LogP contribution is -2.00. The molecule has 0 radical (unpaired) electrons. The summed E-state index contributed by atoms with van der Waals surface area (Å²) < 4.78 is 12.4. The number of rotatable bonds is 6. The third kappa shape index (κ3) is 5.53. The summed E-state index contributed by atoms with van der Waals surface area (Å²) in [6.45, 7) is 0. The van der Waals surface area contributed by atoms with Gasteiger partial charge in [-0.25, -0.2) is 15.0 Å². The first kappa shape index (κ1) is 31.9. The van der Waals surface area contributed by atoms with Crippen molar-refractivity contribution in [1.82, 2.24) is 15.0 Å². The van der Waals surface area contributed by atoms with Crippen molar-refractivity contribution in [1.29, 1.82) is 0 Å². The third-order valence-electron chi connectivity index (χ3n) is 10.6. The van der Waals surface area contributed by atoms with E-state index >= 15 is 0 Å². The van der Waals surface area contributed by atoms with E-state index in [4.69, 9.17) is 23.8 Å². The number of fused-ring (bicyclic) bond motifs is 6. The van der Waals surface area contributed by atoms with E-state index in [9.17, 15) is 0 Å². The number of benzene rings is 8. The number of para-hydroxylation sites is 2. The van der Waals surface area contributed by atoms with Gasteiger partial charge in [-0.05, 0) is 69.8 Å². The minimum atomic E-state index is 0.590. The first-order chi connectivity index (χ1) is 27.7. The molecular weight excluding hydrogens is 687 g/mol. The van der Waals surface area contributed by atoms with Crippen molar-refractivity contribution in [2.75, 3.05) is 0 Å². The standard InChI is InChI=1S/C51H31N3O2/c1-2-10-32(11-3-1)33-20-24-35(25-21-33)49-52-50(54-51(53-49)43-16-9-19-46-48(43)42-15-5-7-18-45(42)55-46)36-26-22-34(23-27-36)37-12-8-13-38(30-37)39-28-29-41-40-14-4-6-17-44(40)56-47(41)31-39/h1-31H. The molecule has 0 aliphatic carbocycles. The lowest BCUT2D eigenvalue weighted by Gasteiger charge is -2.11. The van der Waals surface area contributed by atoms with Crippen LogP contribution >= 0.6 is 0 Å². The molecule has 8 aromatic carbocycles. The van der Waals surface area contributed by atoms with Gasteiger partial charge in [0.05, 0.1) is 0 Å². The van der Waals surface area contributed by atoms with Gasteiger partial charge in [-0.1, -0.05) is 152 Å². The Morgan fingerprint density at radius 1 is 0.268 bits per heavy atom. The molecule has 0 saturated carbocycles. The van der Waals surface area contributed by atoms with Crippen LogP contribution in [0.25, 0.3) is 111 Å². The molecule has 0 bridgehead atoms. The highest BCUT2D eigenvalue weighted by molar-refractivity contribution is 6.12. The quantitative estimate of drug-likeness (QED) is 0.171. The van der Waals surface area contributed by atoms with Gasteiger partial charge in [-0.15, -0.1) is 0 Å². The van der Waals surface area contributed by atoms with Crippen LogP contribution in [-0.4, -0.2) is 15.0 Å². The molecule has 0 N–H and O–H groups in total. The van der Waals surface area contributed by atoms with Crippen molar-refractivity contribution in [3.8, 4) is 67.5 Å². The Balaban J connectivity index is 0.985. The van der Waals surface area contributed by atoms with E-state index in [1.807, 2.05) is 54.6 Å². The number of hydrogen-bond donors (Lipinski definition) is 0. The zero-order valence-corrected chi connectivity index (χ0v) is 30.1. The van der Waals surface area contributed by atoms with E-state index in [0.29, 0.717) is 17.5 Å². The molecule has 5 nitrogen and oxygen atoms in total. The number of furan rings is 2. The molecule has 0 amide bonds. The first-order valence-corrected chi connectivity index (χ1v) is 18.7. The van der Waals surface area contributed by atoms with E-state index in [1.165, 1.54) is 0 Å². The fraction of sp³-hybridized carbons (Fsp3) is 0. The Hall–Kier alpha value is -7.63. The highest BCUT2D eigenvalue weighted by atomic mass is 16.3. The minimum absolute atomic E-state index is 0.590. The van der Waals surface area contributed by atoms with Crippen LogP contribution in [0.4, 0.5) is 0 Å². The second-order valence-electron chi connectivity index (χ2n) is 14.0. The fourth-order valence-electron chi connectivity index (χ4n) is 7.75. The summed E-state index contributed by atoms with van der Waals surface area (Å²) >= 11 is 0. The van der Waals surface area contributed by atoms with Crippen LogP contribution in [0.5, 0.6) is 0 Å². The highest BCUT2D eigenvalue weighted by Gasteiger charge is 2.18. The van der Waals surface area contributed by atoms with Crippen LogP contribution in [0.15, 0.2) is 197 Å². The maximum Gasteiger partial charge on any atom is 0.164 e. The molecule has 3 aromatic heterocycles. The van der Waals surface area contributed by atoms with Gasteiger partial charge in [0.2, 0.25) is 0 Å². The van der Waals surface area contributed by atoms with E-state index in [1.54, 1.807) is 0 Å². The lowest BCUT2D eigenvalue weighted by molar-refractivity contribution is 0.668. The van der Waals surface area contributed by atoms with Gasteiger partial charge in [-0.3, -0.25) is 0 Å². The van der Waals surface area contributed by atoms with Crippen LogP contribution in [0.2, 0.25) is 0 Å². The van der Waals surface area contributed by atoms with Crippen LogP contribution < -0.4 is 0 Å². The predicted octanol–water partition coefficient (Wildman–Crippen LogP) is 13.7. The molecular formula is C51H31N3O2. The molecule has 11 aromatic rings. The van der Waals surface area contributed by atoms with Gasteiger partial charge in [0.15, 0.2) is 17.5 Å². The molecule has 0 spiro atoms. The van der Waals surface area contributed by atoms with Crippen molar-refractivity contribution in [3.63, 3.8) is 0 Å². The van der Waals surface area contributed by atoms with Crippen molar-refractivity contribution >= 4 is 43.9 Å². The number of aromatic nitrogens is 3. The zero-order valence-electron chi connectivity index (χ0n) is 30.1. The smallest absolute Gasteiger partial charge is 0.164 e. The normalized spacial score (nSPS) is 11.6. The van der Waals surface area contributed by atoms with E-state index < -0.39 is 0 Å². The summed E-state index contributed by atoms with van der Waals surface area (Å²) in [6, 6.07) is 64.7. The molecule has 3 heterocycles. The Kier molecular flexibility index (Phi) is 7.42. The number of nitrogens with zero attached hydrogens (tertiary/aromatic N) is 3. The Labute approximate surface area is 322 Å². The second-order valence-corrected chi connectivity index (χ2v) is 14.0. The molecule has 0 atom stereocenters. The maximum atomic E-state index is 6.25. The van der Waals surface area contributed by atoms with Gasteiger partial charge < -0.3 is 8.83 Å². The molecule has 262 valence electrons. The van der Waals surface area contributed by atoms with Gasteiger partial charge in [0.25, 0.3) is 0 Å². The summed E-state index contributed by atoms with van der Waals surface area (Å²) in [4.78, 5) is 15.3. The number of hydrogen-bond acceptors (Lipinski definition) is 5. The maximum absolute atomic E-state index is 6.25. The van der Waals surface area contributed by atoms with Crippen molar-refractivity contribution in [3.05, 3.63) is 188 Å². The minimum Gasteiger partial charge on any atom is -0.456 e. The van der Waals surface area contributed by atoms with Crippen molar-refractivity contribution in [2.45, 2.75) is 0 Å². The topological polar surface area (TPSA) is 65.0 Å². The molecule has 0 aliphatic rings. The van der Waals surface area contributed by atoms with Crippen LogP contribution in [-0.2, 0) is 0 Å². The molecule has 56 heavy (non-hydrogen) atoms. The van der Waals surface area contributed by atoms with Crippen LogP contribution in [0, 0.1) is 0 Å². The zero-order chi connectivity index (χ0) is 37.0. The molecule has 5 heteroatoms. The lowest BCUT2D eigenvalue weighted by atomic mass is 9.97. The first-order valence-electron chi connectivity index (χ1n) is 18.7. The Morgan fingerprint density at radius 2 is 0.714 bits per heavy atom. The van der Waals surface area contributed by atoms with E-state index in [0.717, 1.165) is 93.9 Å². The average Bonchev–Trinajstić information content (AvgIpc) is 3.85. The van der Waals surface area contributed by atoms with Crippen LogP contribution in [0.3, 0.4) is 0 Å². The van der Waals surface area contributed by atoms with Gasteiger partial charge in [-0.2, -0.15) is 0 Å². The molecule has 0 saturated heterocycles. The van der Waals surface area contributed by atoms with Crippen molar-refractivity contribution in [2.24, 2.45) is 0 Å². The van der Waals surface area contributed by atoms with Gasteiger partial charge in [0, 0.05) is 38.2 Å². The average molecular weight is 718 g/mol. The largest absolute Gasteiger partial charge is 0.456 e. The van der Waals surface area contributed by atoms with Crippen LogP contribution in [0.1, 0.15) is 0 Å². The van der Waals surface area contributed by atoms with E-state index in [-0.39, 0.29) is 0 Å². The van der Waals surface area contributed by atoms with Gasteiger partial charge >= 0.3 is 0 Å². The van der Waals surface area contributed by atoms with Gasteiger partial charge in [0.1, 0.15) is 22.3 Å². The predicted molar refractivity (Wildman–Crippen MR) is 227 cm³/mol. The Morgan fingerprint density at radius 3 is 1.45 bits per heavy atom. The summed E-state index contributed by atoms with van der Waals surface area (Å²) in [7, 11) is 0. The fourth-order valence-corrected chi connectivity index (χ4v) is 7.75. The Bertz CT molecular complexity index is 3230. The summed E-state index contributed by atoms with van der Waals surface area (Å²) in [5.74, 6) is 1.79. The summed E-state index contributed by atoms with van der Waals surface area (Å²) in [6.07, 6.45) is 0. The SMILES string of the molecule is c1ccc(-c2ccc(-c3nc(-c4ccc(-c5cccc(-c6ccc7c(c6)oc6ccccc67)c5)cc4)nc(-c4cccc5oc6ccccc6c45)n3)cc2)cc1. The molecule has 0 fully saturated rings. The summed E-state index contributed by atoms with van der Waals surface area (Å²) in [5, 5.41) is 4.27. The third-order valence-corrected chi connectivity index (χ3v) is 10.6. The molecule has 0 unspecified atom stereocenters. The second kappa shape index (κ2) is 13.0. The monoisotopic (exact) mass is 717 g/mol. The molecule has 0 aliphatic heterocycles. The highest BCUT2D eigenvalue weighted by Crippen LogP contribution is 2.38. The van der Waals surface area contributed by atoms with Crippen molar-refractivity contribution < 1.29 is 8.83 Å².